The van der Waals surface area contributed by atoms with Gasteiger partial charge in [-0.1, -0.05) is 388 Å². The van der Waals surface area contributed by atoms with Crippen molar-refractivity contribution in [3.63, 3.8) is 0 Å². The Morgan fingerprint density at radius 1 is 0.142 bits per heavy atom. The van der Waals surface area contributed by atoms with Crippen molar-refractivity contribution < 1.29 is 0 Å². The summed E-state index contributed by atoms with van der Waals surface area (Å²) in [7, 11) is 0. The van der Waals surface area contributed by atoms with Crippen molar-refractivity contribution in [1.82, 2.24) is 0 Å². The Balaban J connectivity index is 0.885. The van der Waals surface area contributed by atoms with E-state index in [9.17, 15) is 0 Å². The normalized spacial score (nSPS) is 14.8. The third kappa shape index (κ3) is 9.11. The number of hydrogen-bond acceptors (Lipinski definition) is 6. The minimum absolute atomic E-state index is 0.188. The highest BCUT2D eigenvalue weighted by atomic mass is 16.1. The van der Waals surface area contributed by atoms with Crippen molar-refractivity contribution in [3.05, 3.63) is 558 Å². The molecule has 0 aromatic heterocycles. The Morgan fingerprint density at radius 2 is 0.267 bits per heavy atom. The van der Waals surface area contributed by atoms with Crippen LogP contribution >= 0.6 is 0 Å². The molecule has 0 unspecified atom stereocenters. The summed E-state index contributed by atoms with van der Waals surface area (Å²) in [6, 6.07) is 162. The average Bonchev–Trinajstić information content (AvgIpc) is 1.46. The number of hydrogen-bond donors (Lipinski definition) is 0. The molecule has 6 aliphatic rings. The first-order valence-electron chi connectivity index (χ1n) is 41.4. The third-order valence-electron chi connectivity index (χ3n) is 26.7. The van der Waals surface area contributed by atoms with Gasteiger partial charge in [-0.3, -0.25) is 9.59 Å². The maximum absolute atomic E-state index is 18.7. The van der Waals surface area contributed by atoms with Gasteiger partial charge in [0.1, 0.15) is 0 Å². The Bertz CT molecular complexity index is 6240. The summed E-state index contributed by atoms with van der Waals surface area (Å²) >= 11 is 0. The van der Waals surface area contributed by atoms with Gasteiger partial charge in [0.05, 0.1) is 111 Å². The van der Waals surface area contributed by atoms with Gasteiger partial charge in [0, 0.05) is 11.1 Å². The van der Waals surface area contributed by atoms with Crippen LogP contribution in [0.3, 0.4) is 0 Å². The first-order chi connectivity index (χ1) is 59.5. The number of anilines is 12. The van der Waals surface area contributed by atoms with Gasteiger partial charge < -0.3 is 19.6 Å². The Labute approximate surface area is 696 Å². The third-order valence-corrected chi connectivity index (χ3v) is 26.7. The van der Waals surface area contributed by atoms with Crippen LogP contribution in [0.5, 0.6) is 0 Å². The van der Waals surface area contributed by atoms with Gasteiger partial charge in [0.15, 0.2) is 10.9 Å². The van der Waals surface area contributed by atoms with E-state index in [0.717, 1.165) is 135 Å². The fraction of sp³-hybridized carbons (Fsp3) is 0.0351. The molecule has 0 spiro atoms. The van der Waals surface area contributed by atoms with Crippen LogP contribution in [-0.2, 0) is 21.7 Å². The van der Waals surface area contributed by atoms with Gasteiger partial charge in [-0.05, 0) is 150 Å². The van der Waals surface area contributed by atoms with E-state index in [1.54, 1.807) is 0 Å². The van der Waals surface area contributed by atoms with Crippen LogP contribution < -0.4 is 30.5 Å². The lowest BCUT2D eigenvalue weighted by atomic mass is 9.62. The second-order valence-corrected chi connectivity index (χ2v) is 32.1. The van der Waals surface area contributed by atoms with Crippen molar-refractivity contribution in [3.8, 4) is 11.1 Å². The van der Waals surface area contributed by atoms with Gasteiger partial charge in [0.25, 0.3) is 0 Å². The molecule has 18 aromatic rings. The van der Waals surface area contributed by atoms with E-state index in [1.165, 1.54) is 0 Å². The molecule has 120 heavy (non-hydrogen) atoms. The zero-order chi connectivity index (χ0) is 79.4. The quantitative estimate of drug-likeness (QED) is 0.121. The molecule has 4 aliphatic heterocycles. The molecule has 4 heterocycles. The molecule has 6 nitrogen and oxygen atoms in total. The zero-order valence-electron chi connectivity index (χ0n) is 65.3. The van der Waals surface area contributed by atoms with Crippen LogP contribution in [0.1, 0.15) is 89.0 Å². The fourth-order valence-corrected chi connectivity index (χ4v) is 22.4. The predicted octanol–water partition coefficient (Wildman–Crippen LogP) is 26.8. The molecule has 0 N–H and O–H groups in total. The number of nitrogens with zero attached hydrogens (tertiary/aromatic N) is 4. The van der Waals surface area contributed by atoms with E-state index in [1.807, 2.05) is 0 Å². The first-order valence-corrected chi connectivity index (χ1v) is 41.4. The van der Waals surface area contributed by atoms with E-state index in [-0.39, 0.29) is 10.9 Å². The molecular formula is C114H74N4O2. The van der Waals surface area contributed by atoms with Crippen molar-refractivity contribution >= 4 is 89.8 Å². The summed E-state index contributed by atoms with van der Waals surface area (Å²) in [5.74, 6) is 0. The second-order valence-electron chi connectivity index (χ2n) is 32.1. The van der Waals surface area contributed by atoms with E-state index in [0.29, 0.717) is 55.4 Å². The van der Waals surface area contributed by atoms with Crippen LogP contribution in [0.4, 0.5) is 68.2 Å². The lowest BCUT2D eigenvalue weighted by Crippen LogP contribution is -2.38. The van der Waals surface area contributed by atoms with E-state index in [2.05, 4.69) is 469 Å². The molecule has 18 aromatic carbocycles. The minimum Gasteiger partial charge on any atom is -0.309 e. The summed E-state index contributed by atoms with van der Waals surface area (Å²) < 4.78 is 0. The molecule has 562 valence electrons. The summed E-state index contributed by atoms with van der Waals surface area (Å²) in [6.45, 7) is 0. The summed E-state index contributed by atoms with van der Waals surface area (Å²) in [5.41, 5.74) is 24.2. The molecule has 0 radical (unpaired) electrons. The molecule has 24 rings (SSSR count). The van der Waals surface area contributed by atoms with Gasteiger partial charge >= 0.3 is 0 Å². The molecular weight excluding hydrogens is 1460 g/mol. The van der Waals surface area contributed by atoms with Crippen molar-refractivity contribution in [2.45, 2.75) is 21.7 Å². The molecule has 6 heteroatoms. The van der Waals surface area contributed by atoms with Crippen LogP contribution in [-0.4, -0.2) is 0 Å². The van der Waals surface area contributed by atoms with E-state index < -0.39 is 21.7 Å². The van der Waals surface area contributed by atoms with Crippen LogP contribution in [0, 0.1) is 0 Å². The monoisotopic (exact) mass is 1530 g/mol. The van der Waals surface area contributed by atoms with Crippen LogP contribution in [0.2, 0.25) is 0 Å². The SMILES string of the molecule is O=c1c2c(N3c4ccccc4C(c4ccccc4)(c4ccccc4)c4ccccc43)cc(N3c4ccccc4C(c4ccccc4)(c4ccccc4)c4ccccc43)c3c2-c2c1c(N1c4ccccc4C(c4ccccc4)(c4ccccc4)c4ccccc41)cc(N1c4ccccc4C(c4ccccc4)(c4ccccc4)c4ccccc41)c2c3=O. The van der Waals surface area contributed by atoms with Crippen molar-refractivity contribution in [1.29, 1.82) is 0 Å². The summed E-state index contributed by atoms with van der Waals surface area (Å²) in [4.78, 5) is 46.8. The van der Waals surface area contributed by atoms with Gasteiger partial charge in [-0.15, -0.1) is 0 Å². The van der Waals surface area contributed by atoms with Crippen LogP contribution in [0.25, 0.3) is 32.7 Å². The molecule has 0 bridgehead atoms. The smallest absolute Gasteiger partial charge is 0.198 e. The summed E-state index contributed by atoms with van der Waals surface area (Å²) in [6.07, 6.45) is 0. The highest BCUT2D eigenvalue weighted by molar-refractivity contribution is 6.30. The predicted molar refractivity (Wildman–Crippen MR) is 490 cm³/mol. The average molecular weight is 1530 g/mol. The van der Waals surface area contributed by atoms with Crippen LogP contribution in [0.15, 0.2) is 459 Å². The summed E-state index contributed by atoms with van der Waals surface area (Å²) in [5, 5.41) is 1.78. The van der Waals surface area contributed by atoms with E-state index in [4.69, 9.17) is 0 Å². The highest BCUT2D eigenvalue weighted by Crippen LogP contribution is 2.68. The molecule has 0 saturated heterocycles. The van der Waals surface area contributed by atoms with Gasteiger partial charge in [0.2, 0.25) is 0 Å². The molecule has 0 fully saturated rings. The lowest BCUT2D eigenvalue weighted by molar-refractivity contribution is 0.730. The maximum Gasteiger partial charge on any atom is 0.198 e. The number of rotatable bonds is 12. The van der Waals surface area contributed by atoms with Gasteiger partial charge in [-0.2, -0.15) is 0 Å². The highest BCUT2D eigenvalue weighted by Gasteiger charge is 2.54. The lowest BCUT2D eigenvalue weighted by Gasteiger charge is -2.47. The second kappa shape index (κ2) is 26.5. The van der Waals surface area contributed by atoms with Crippen molar-refractivity contribution in [2.75, 3.05) is 19.6 Å². The molecule has 2 aliphatic carbocycles. The topological polar surface area (TPSA) is 47.1 Å². The molecule has 0 saturated carbocycles. The van der Waals surface area contributed by atoms with E-state index >= 15 is 9.59 Å². The fourth-order valence-electron chi connectivity index (χ4n) is 22.4. The Morgan fingerprint density at radius 3 is 0.408 bits per heavy atom. The maximum atomic E-state index is 18.7. The number of fused-ring (bicyclic) bond motifs is 8. The minimum atomic E-state index is -0.864. The first kappa shape index (κ1) is 68.9. The standard InChI is InChI=1S/C114H74N4O2/c119-109-103-99(115-91-65-33-25-57-83(91)111(75-41-9-1-10-42-75,76-43-11-2-12-44-76)84-58-26-34-66-92(84)115)73-100(116-93-67-35-27-59-85(93)112(77-45-13-3-14-46-77,78-47-15-4-16-48-78)86-60-28-36-68-94(86)116)104-107(103)108-105(109)101(117-95-69-37-29-61-87(95)113(79-49-17-5-18-50-79,80-51-19-6-20-52-80)88-62-30-38-70-96(88)117)74-102(106(108)110(104)120)118-97-71-39-31-63-89(97)114(81-53-21-7-22-54-81,82-55-23-8-24-56-82)90-64-32-40-72-98(90)118/h1-74H. The number of para-hydroxylation sites is 8. The zero-order valence-corrected chi connectivity index (χ0v) is 65.3. The molecule has 0 amide bonds. The Kier molecular flexibility index (Phi) is 15.2. The van der Waals surface area contributed by atoms with Crippen molar-refractivity contribution in [2.24, 2.45) is 0 Å². The molecule has 0 atom stereocenters. The largest absolute Gasteiger partial charge is 0.309 e. The Hall–Kier alpha value is -15.5. The van der Waals surface area contributed by atoms with Gasteiger partial charge in [-0.25, -0.2) is 0 Å². The number of benzene rings is 18.